The van der Waals surface area contributed by atoms with E-state index in [9.17, 15) is 4.79 Å². The van der Waals surface area contributed by atoms with Gasteiger partial charge in [0.05, 0.1) is 18.0 Å². The van der Waals surface area contributed by atoms with Gasteiger partial charge in [0, 0.05) is 25.4 Å². The molecule has 2 heterocycles. The third-order valence-electron chi connectivity index (χ3n) is 2.09. The average Bonchev–Trinajstić information content (AvgIpc) is 2.88. The predicted octanol–water partition coefficient (Wildman–Crippen LogP) is 1.27. The zero-order valence-corrected chi connectivity index (χ0v) is 8.30. The van der Waals surface area contributed by atoms with Gasteiger partial charge >= 0.3 is 0 Å². The molecule has 0 radical (unpaired) electrons. The van der Waals surface area contributed by atoms with Crippen LogP contribution in [0.25, 0.3) is 0 Å². The van der Waals surface area contributed by atoms with Crippen LogP contribution in [0, 0.1) is 0 Å². The van der Waals surface area contributed by atoms with Gasteiger partial charge in [0.2, 0.25) is 0 Å². The van der Waals surface area contributed by atoms with E-state index in [2.05, 4.69) is 10.2 Å². The van der Waals surface area contributed by atoms with Crippen LogP contribution in [-0.2, 0) is 6.54 Å². The fourth-order valence-corrected chi connectivity index (χ4v) is 1.32. The number of nitrogens with one attached hydrogen (secondary N) is 1. The fraction of sp³-hybridized carbons (Fsp3) is 0.200. The Labute approximate surface area is 86.7 Å². The second-order valence-corrected chi connectivity index (χ2v) is 3.28. The second kappa shape index (κ2) is 4.00. The van der Waals surface area contributed by atoms with Crippen molar-refractivity contribution in [3.05, 3.63) is 42.1 Å². The summed E-state index contributed by atoms with van der Waals surface area (Å²) in [5.41, 5.74) is 1.52. The first kappa shape index (κ1) is 9.51. The van der Waals surface area contributed by atoms with Crippen molar-refractivity contribution in [2.45, 2.75) is 6.54 Å². The van der Waals surface area contributed by atoms with Crippen LogP contribution >= 0.6 is 0 Å². The summed E-state index contributed by atoms with van der Waals surface area (Å²) in [5, 5.41) is 6.52. The number of aromatic amines is 1. The maximum atomic E-state index is 11.8. The van der Waals surface area contributed by atoms with Crippen molar-refractivity contribution in [1.82, 2.24) is 15.1 Å². The number of nitrogens with zero attached hydrogens (tertiary/aromatic N) is 2. The van der Waals surface area contributed by atoms with Gasteiger partial charge in [-0.1, -0.05) is 0 Å². The number of H-pyrrole nitrogens is 1. The summed E-state index contributed by atoms with van der Waals surface area (Å²) in [4.78, 5) is 13.4. The Morgan fingerprint density at radius 1 is 1.67 bits per heavy atom. The molecule has 2 rings (SSSR count). The number of carbonyl (C=O) groups is 1. The number of amides is 1. The molecule has 0 unspecified atom stereocenters. The van der Waals surface area contributed by atoms with Gasteiger partial charge in [-0.2, -0.15) is 5.10 Å². The van der Waals surface area contributed by atoms with E-state index in [1.165, 1.54) is 12.5 Å². The van der Waals surface area contributed by atoms with Crippen LogP contribution in [-0.4, -0.2) is 28.1 Å². The molecule has 1 N–H and O–H groups in total. The summed E-state index contributed by atoms with van der Waals surface area (Å²) < 4.78 is 4.85. The molecular weight excluding hydrogens is 194 g/mol. The van der Waals surface area contributed by atoms with Gasteiger partial charge in [0.1, 0.15) is 6.26 Å². The average molecular weight is 205 g/mol. The Kier molecular flexibility index (Phi) is 2.53. The van der Waals surface area contributed by atoms with Crippen LogP contribution in [0.4, 0.5) is 0 Å². The number of aromatic nitrogens is 2. The highest BCUT2D eigenvalue weighted by Crippen LogP contribution is 2.07. The smallest absolute Gasteiger partial charge is 0.257 e. The van der Waals surface area contributed by atoms with Crippen molar-refractivity contribution in [2.75, 3.05) is 7.05 Å². The molecule has 78 valence electrons. The van der Waals surface area contributed by atoms with Gasteiger partial charge in [-0.05, 0) is 6.07 Å². The Balaban J connectivity index is 2.03. The highest BCUT2D eigenvalue weighted by atomic mass is 16.3. The minimum atomic E-state index is -0.0649. The van der Waals surface area contributed by atoms with E-state index < -0.39 is 0 Å². The van der Waals surface area contributed by atoms with E-state index in [1.54, 1.807) is 30.4 Å². The zero-order chi connectivity index (χ0) is 10.7. The second-order valence-electron chi connectivity index (χ2n) is 3.28. The van der Waals surface area contributed by atoms with Gasteiger partial charge < -0.3 is 9.32 Å². The maximum absolute atomic E-state index is 11.8. The third kappa shape index (κ3) is 2.07. The SMILES string of the molecule is CN(Cc1cn[nH]c1)C(=O)c1ccoc1. The molecule has 0 aliphatic heterocycles. The van der Waals surface area contributed by atoms with E-state index in [-0.39, 0.29) is 5.91 Å². The summed E-state index contributed by atoms with van der Waals surface area (Å²) >= 11 is 0. The number of hydrogen-bond acceptors (Lipinski definition) is 3. The van der Waals surface area contributed by atoms with Crippen molar-refractivity contribution < 1.29 is 9.21 Å². The van der Waals surface area contributed by atoms with E-state index >= 15 is 0 Å². The van der Waals surface area contributed by atoms with Crippen LogP contribution in [0.2, 0.25) is 0 Å². The van der Waals surface area contributed by atoms with Crippen LogP contribution in [0.3, 0.4) is 0 Å². The standard InChI is InChI=1S/C10H11N3O2/c1-13(6-8-4-11-12-5-8)10(14)9-2-3-15-7-9/h2-5,7H,6H2,1H3,(H,11,12). The van der Waals surface area contributed by atoms with Crippen molar-refractivity contribution in [3.63, 3.8) is 0 Å². The first-order valence-corrected chi connectivity index (χ1v) is 4.52. The summed E-state index contributed by atoms with van der Waals surface area (Å²) in [6, 6.07) is 1.65. The molecule has 0 fully saturated rings. The van der Waals surface area contributed by atoms with Gasteiger partial charge in [0.15, 0.2) is 0 Å². The molecule has 0 atom stereocenters. The lowest BCUT2D eigenvalue weighted by Gasteiger charge is -2.14. The summed E-state index contributed by atoms with van der Waals surface area (Å²) in [7, 11) is 1.74. The highest BCUT2D eigenvalue weighted by molar-refractivity contribution is 5.93. The third-order valence-corrected chi connectivity index (χ3v) is 2.09. The van der Waals surface area contributed by atoms with Crippen molar-refractivity contribution in [1.29, 1.82) is 0 Å². The lowest BCUT2D eigenvalue weighted by Crippen LogP contribution is -2.25. The lowest BCUT2D eigenvalue weighted by molar-refractivity contribution is 0.0784. The molecule has 0 spiro atoms. The van der Waals surface area contributed by atoms with Crippen LogP contribution in [0.15, 0.2) is 35.4 Å². The molecule has 0 bridgehead atoms. The first-order valence-electron chi connectivity index (χ1n) is 4.52. The number of hydrogen-bond donors (Lipinski definition) is 1. The molecule has 5 nitrogen and oxygen atoms in total. The topological polar surface area (TPSA) is 62.1 Å². The number of rotatable bonds is 3. The summed E-state index contributed by atoms with van der Waals surface area (Å²) in [5.74, 6) is -0.0649. The van der Waals surface area contributed by atoms with E-state index in [4.69, 9.17) is 4.42 Å². The molecule has 0 aliphatic carbocycles. The van der Waals surface area contributed by atoms with Gasteiger partial charge in [0.25, 0.3) is 5.91 Å². The number of carbonyl (C=O) groups excluding carboxylic acids is 1. The molecule has 1 amide bonds. The summed E-state index contributed by atoms with van der Waals surface area (Å²) in [6.07, 6.45) is 6.38. The van der Waals surface area contributed by atoms with Gasteiger partial charge in [-0.3, -0.25) is 9.89 Å². The summed E-state index contributed by atoms with van der Waals surface area (Å²) in [6.45, 7) is 0.528. The fourth-order valence-electron chi connectivity index (χ4n) is 1.32. The molecular formula is C10H11N3O2. The lowest BCUT2D eigenvalue weighted by atomic mass is 10.2. The predicted molar refractivity (Wildman–Crippen MR) is 53.1 cm³/mol. The van der Waals surface area contributed by atoms with Crippen LogP contribution in [0.5, 0.6) is 0 Å². The molecule has 0 saturated carbocycles. The van der Waals surface area contributed by atoms with E-state index in [0.717, 1.165) is 5.56 Å². The van der Waals surface area contributed by atoms with Gasteiger partial charge in [-0.25, -0.2) is 0 Å². The minimum absolute atomic E-state index is 0.0649. The largest absolute Gasteiger partial charge is 0.472 e. The van der Waals surface area contributed by atoms with Crippen molar-refractivity contribution in [3.8, 4) is 0 Å². The monoisotopic (exact) mass is 205 g/mol. The minimum Gasteiger partial charge on any atom is -0.472 e. The molecule has 2 aromatic heterocycles. The van der Waals surface area contributed by atoms with Crippen molar-refractivity contribution in [2.24, 2.45) is 0 Å². The Morgan fingerprint density at radius 3 is 3.13 bits per heavy atom. The molecule has 0 saturated heterocycles. The molecule has 2 aromatic rings. The van der Waals surface area contributed by atoms with E-state index in [1.807, 2.05) is 0 Å². The Hall–Kier alpha value is -2.04. The quantitative estimate of drug-likeness (QED) is 0.820. The zero-order valence-electron chi connectivity index (χ0n) is 8.30. The molecule has 15 heavy (non-hydrogen) atoms. The number of furan rings is 1. The van der Waals surface area contributed by atoms with Crippen LogP contribution in [0.1, 0.15) is 15.9 Å². The van der Waals surface area contributed by atoms with Gasteiger partial charge in [-0.15, -0.1) is 0 Å². The molecule has 0 aliphatic rings. The van der Waals surface area contributed by atoms with Crippen molar-refractivity contribution >= 4 is 5.91 Å². The normalized spacial score (nSPS) is 10.2. The van der Waals surface area contributed by atoms with E-state index in [0.29, 0.717) is 12.1 Å². The Morgan fingerprint density at radius 2 is 2.53 bits per heavy atom. The van der Waals surface area contributed by atoms with Crippen LogP contribution < -0.4 is 0 Å². The Bertz CT molecular complexity index is 419. The molecule has 5 heteroatoms. The highest BCUT2D eigenvalue weighted by Gasteiger charge is 2.12. The maximum Gasteiger partial charge on any atom is 0.257 e. The first-order chi connectivity index (χ1) is 7.27. The molecule has 0 aromatic carbocycles.